The molecule has 2 N–H and O–H groups in total. The van der Waals surface area contributed by atoms with Crippen molar-refractivity contribution >= 4 is 5.69 Å². The molecule has 0 aliphatic carbocycles. The summed E-state index contributed by atoms with van der Waals surface area (Å²) in [6, 6.07) is 3.70. The van der Waals surface area contributed by atoms with E-state index in [1.54, 1.807) is 12.4 Å². The number of anilines is 1. The molecule has 5 nitrogen and oxygen atoms in total. The lowest BCUT2D eigenvalue weighted by atomic mass is 10.2. The fraction of sp³-hybridized carbons (Fsp3) is 0.300. The molecular formula is C10H13N5. The minimum Gasteiger partial charge on any atom is -0.397 e. The van der Waals surface area contributed by atoms with Crippen LogP contribution < -0.4 is 5.73 Å². The number of aryl methyl sites for hydroxylation is 1. The summed E-state index contributed by atoms with van der Waals surface area (Å²) in [6.07, 6.45) is 4.37. The normalized spacial score (nSPS) is 10.5. The van der Waals surface area contributed by atoms with E-state index in [1.165, 1.54) is 0 Å². The third-order valence-corrected chi connectivity index (χ3v) is 2.10. The van der Waals surface area contributed by atoms with Crippen LogP contribution in [-0.4, -0.2) is 20.0 Å². The summed E-state index contributed by atoms with van der Waals surface area (Å²) in [5.41, 5.74) is 8.01. The second-order valence-electron chi connectivity index (χ2n) is 3.32. The third kappa shape index (κ3) is 1.96. The molecule has 0 aromatic carbocycles. The molecule has 0 amide bonds. The van der Waals surface area contributed by atoms with Crippen molar-refractivity contribution < 1.29 is 0 Å². The van der Waals surface area contributed by atoms with Crippen molar-refractivity contribution in [1.29, 1.82) is 0 Å². The maximum absolute atomic E-state index is 5.58. The average molecular weight is 203 g/mol. The van der Waals surface area contributed by atoms with Crippen LogP contribution in [0, 0.1) is 0 Å². The SMILES string of the molecule is CCCn1nncc1-c1ccc(N)cn1. The molecule has 0 bridgehead atoms. The lowest BCUT2D eigenvalue weighted by Gasteiger charge is -2.03. The number of aromatic nitrogens is 4. The van der Waals surface area contributed by atoms with Crippen molar-refractivity contribution in [2.75, 3.05) is 5.73 Å². The monoisotopic (exact) mass is 203 g/mol. The van der Waals surface area contributed by atoms with Crippen LogP contribution in [0.15, 0.2) is 24.5 Å². The van der Waals surface area contributed by atoms with Gasteiger partial charge in [-0.15, -0.1) is 5.10 Å². The van der Waals surface area contributed by atoms with Gasteiger partial charge in [-0.3, -0.25) is 4.98 Å². The van der Waals surface area contributed by atoms with Crippen LogP contribution in [0.4, 0.5) is 5.69 Å². The fourth-order valence-electron chi connectivity index (χ4n) is 1.39. The molecule has 0 fully saturated rings. The zero-order valence-electron chi connectivity index (χ0n) is 8.59. The number of nitrogens with two attached hydrogens (primary N) is 1. The first-order valence-electron chi connectivity index (χ1n) is 4.91. The molecule has 5 heteroatoms. The Hall–Kier alpha value is -1.91. The summed E-state index contributed by atoms with van der Waals surface area (Å²) in [4.78, 5) is 4.24. The van der Waals surface area contributed by atoms with Crippen LogP contribution in [-0.2, 0) is 6.54 Å². The molecule has 2 aromatic heterocycles. The summed E-state index contributed by atoms with van der Waals surface area (Å²) in [5.74, 6) is 0. The highest BCUT2D eigenvalue weighted by Crippen LogP contribution is 2.16. The maximum atomic E-state index is 5.58. The highest BCUT2D eigenvalue weighted by Gasteiger charge is 2.06. The molecule has 2 heterocycles. The molecule has 0 aliphatic rings. The zero-order valence-corrected chi connectivity index (χ0v) is 8.59. The lowest BCUT2D eigenvalue weighted by molar-refractivity contribution is 0.583. The van der Waals surface area contributed by atoms with E-state index >= 15 is 0 Å². The summed E-state index contributed by atoms with van der Waals surface area (Å²) >= 11 is 0. The molecule has 15 heavy (non-hydrogen) atoms. The number of hydrogen-bond acceptors (Lipinski definition) is 4. The summed E-state index contributed by atoms with van der Waals surface area (Å²) < 4.78 is 1.85. The first kappa shape index (κ1) is 9.64. The van der Waals surface area contributed by atoms with E-state index in [0.29, 0.717) is 5.69 Å². The minimum atomic E-state index is 0.660. The molecule has 0 radical (unpaired) electrons. The quantitative estimate of drug-likeness (QED) is 0.817. The van der Waals surface area contributed by atoms with Gasteiger partial charge in [0.25, 0.3) is 0 Å². The van der Waals surface area contributed by atoms with Crippen molar-refractivity contribution in [3.05, 3.63) is 24.5 Å². The molecule has 2 rings (SSSR count). The second kappa shape index (κ2) is 4.08. The van der Waals surface area contributed by atoms with Gasteiger partial charge in [-0.25, -0.2) is 4.68 Å². The van der Waals surface area contributed by atoms with Gasteiger partial charge in [0, 0.05) is 6.54 Å². The molecule has 0 aliphatic heterocycles. The Bertz CT molecular complexity index is 431. The Labute approximate surface area is 87.9 Å². The van der Waals surface area contributed by atoms with Gasteiger partial charge >= 0.3 is 0 Å². The first-order chi connectivity index (χ1) is 7.31. The Kier molecular flexibility index (Phi) is 2.62. The van der Waals surface area contributed by atoms with E-state index in [-0.39, 0.29) is 0 Å². The largest absolute Gasteiger partial charge is 0.397 e. The number of nitrogen functional groups attached to an aromatic ring is 1. The lowest BCUT2D eigenvalue weighted by Crippen LogP contribution is -2.02. The van der Waals surface area contributed by atoms with Gasteiger partial charge in [0.2, 0.25) is 0 Å². The van der Waals surface area contributed by atoms with E-state index in [4.69, 9.17) is 5.73 Å². The van der Waals surface area contributed by atoms with E-state index in [9.17, 15) is 0 Å². The Balaban J connectivity index is 2.36. The minimum absolute atomic E-state index is 0.660. The van der Waals surface area contributed by atoms with Crippen molar-refractivity contribution in [3.63, 3.8) is 0 Å². The smallest absolute Gasteiger partial charge is 0.107 e. The van der Waals surface area contributed by atoms with Crippen molar-refractivity contribution in [2.45, 2.75) is 19.9 Å². The molecule has 2 aromatic rings. The standard InChI is InChI=1S/C10H13N5/c1-2-5-15-10(7-13-14-15)9-4-3-8(11)6-12-9/h3-4,6-7H,2,5,11H2,1H3. The van der Waals surface area contributed by atoms with E-state index in [2.05, 4.69) is 22.2 Å². The van der Waals surface area contributed by atoms with Gasteiger partial charge in [0.15, 0.2) is 0 Å². The number of hydrogen-bond donors (Lipinski definition) is 1. The van der Waals surface area contributed by atoms with Crippen LogP contribution in [0.1, 0.15) is 13.3 Å². The second-order valence-corrected chi connectivity index (χ2v) is 3.32. The van der Waals surface area contributed by atoms with Crippen molar-refractivity contribution in [3.8, 4) is 11.4 Å². The van der Waals surface area contributed by atoms with Crippen LogP contribution >= 0.6 is 0 Å². The predicted octanol–water partition coefficient (Wildman–Crippen LogP) is 1.33. The van der Waals surface area contributed by atoms with Gasteiger partial charge in [-0.2, -0.15) is 0 Å². The van der Waals surface area contributed by atoms with E-state index in [1.807, 2.05) is 16.8 Å². The van der Waals surface area contributed by atoms with E-state index < -0.39 is 0 Å². The topological polar surface area (TPSA) is 69.6 Å². The molecule has 0 saturated carbocycles. The maximum Gasteiger partial charge on any atom is 0.107 e. The fourth-order valence-corrected chi connectivity index (χ4v) is 1.39. The summed E-state index contributed by atoms with van der Waals surface area (Å²) in [7, 11) is 0. The van der Waals surface area contributed by atoms with E-state index in [0.717, 1.165) is 24.4 Å². The van der Waals surface area contributed by atoms with Crippen LogP contribution in [0.3, 0.4) is 0 Å². The molecule has 0 spiro atoms. The zero-order chi connectivity index (χ0) is 10.7. The summed E-state index contributed by atoms with van der Waals surface area (Å²) in [5, 5.41) is 7.88. The molecular weight excluding hydrogens is 190 g/mol. The highest BCUT2D eigenvalue weighted by atomic mass is 15.4. The molecule has 78 valence electrons. The summed E-state index contributed by atoms with van der Waals surface area (Å²) in [6.45, 7) is 2.95. The molecule has 0 unspecified atom stereocenters. The average Bonchev–Trinajstić information content (AvgIpc) is 2.68. The van der Waals surface area contributed by atoms with Gasteiger partial charge in [-0.1, -0.05) is 12.1 Å². The predicted molar refractivity (Wildman–Crippen MR) is 58.0 cm³/mol. The third-order valence-electron chi connectivity index (χ3n) is 2.10. The number of nitrogens with zero attached hydrogens (tertiary/aromatic N) is 4. The number of pyridine rings is 1. The van der Waals surface area contributed by atoms with Gasteiger partial charge < -0.3 is 5.73 Å². The van der Waals surface area contributed by atoms with Gasteiger partial charge in [0.05, 0.1) is 23.8 Å². The molecule has 0 saturated heterocycles. The van der Waals surface area contributed by atoms with Crippen molar-refractivity contribution in [2.24, 2.45) is 0 Å². The van der Waals surface area contributed by atoms with Gasteiger partial charge in [-0.05, 0) is 18.6 Å². The number of rotatable bonds is 3. The van der Waals surface area contributed by atoms with Gasteiger partial charge in [0.1, 0.15) is 5.69 Å². The molecule has 0 atom stereocenters. The van der Waals surface area contributed by atoms with Crippen LogP contribution in [0.2, 0.25) is 0 Å². The first-order valence-corrected chi connectivity index (χ1v) is 4.91. The Morgan fingerprint density at radius 3 is 2.87 bits per heavy atom. The highest BCUT2D eigenvalue weighted by molar-refractivity contribution is 5.55. The van der Waals surface area contributed by atoms with Crippen LogP contribution in [0.25, 0.3) is 11.4 Å². The Morgan fingerprint density at radius 2 is 2.20 bits per heavy atom. The Morgan fingerprint density at radius 1 is 1.33 bits per heavy atom. The van der Waals surface area contributed by atoms with Crippen LogP contribution in [0.5, 0.6) is 0 Å². The van der Waals surface area contributed by atoms with Crippen molar-refractivity contribution in [1.82, 2.24) is 20.0 Å².